The number of carbonyl (C=O) groups is 1. The number of aliphatic hydroxyl groups excluding tert-OH is 1. The Morgan fingerprint density at radius 1 is 1.27 bits per heavy atom. The van der Waals surface area contributed by atoms with Crippen LogP contribution in [0.15, 0.2) is 41.2 Å². The normalized spacial score (nSPS) is 13.3. The van der Waals surface area contributed by atoms with Crippen molar-refractivity contribution < 1.29 is 14.6 Å². The highest BCUT2D eigenvalue weighted by Crippen LogP contribution is 2.21. The molecule has 0 saturated carbocycles. The lowest BCUT2D eigenvalue weighted by atomic mass is 9.99. The molecule has 0 fully saturated rings. The highest BCUT2D eigenvalue weighted by atomic mass is 16.5. The molecule has 2 aromatic carbocycles. The molecule has 8 nitrogen and oxygen atoms in total. The second kappa shape index (κ2) is 9.60. The summed E-state index contributed by atoms with van der Waals surface area (Å²) in [5, 5.41) is 13.5. The Bertz CT molecular complexity index is 1070. The van der Waals surface area contributed by atoms with Gasteiger partial charge in [0.15, 0.2) is 0 Å². The first-order valence-electron chi connectivity index (χ1n) is 9.98. The predicted molar refractivity (Wildman–Crippen MR) is 116 cm³/mol. The summed E-state index contributed by atoms with van der Waals surface area (Å²) < 4.78 is 5.68. The van der Waals surface area contributed by atoms with E-state index in [1.165, 1.54) is 5.56 Å². The van der Waals surface area contributed by atoms with Gasteiger partial charge in [0.05, 0.1) is 5.52 Å². The van der Waals surface area contributed by atoms with Crippen LogP contribution in [0.5, 0.6) is 5.75 Å². The summed E-state index contributed by atoms with van der Waals surface area (Å²) in [6.07, 6.45) is 1.05. The first kappa shape index (κ1) is 21.6. The van der Waals surface area contributed by atoms with Crippen LogP contribution in [0.25, 0.3) is 11.0 Å². The number of benzene rings is 2. The number of carbonyl (C=O) groups excluding carboxylic acids is 1. The first-order chi connectivity index (χ1) is 14.3. The molecule has 3 aromatic rings. The second-order valence-electron chi connectivity index (χ2n) is 7.58. The average Bonchev–Trinajstić information content (AvgIpc) is 3.10. The number of hydrogen-bond acceptors (Lipinski definition) is 5. The summed E-state index contributed by atoms with van der Waals surface area (Å²) in [5.74, 6) is 0.0998. The highest BCUT2D eigenvalue weighted by molar-refractivity contribution is 5.93. The Balaban J connectivity index is 1.43. The van der Waals surface area contributed by atoms with Gasteiger partial charge in [-0.25, -0.2) is 4.79 Å². The van der Waals surface area contributed by atoms with E-state index in [4.69, 9.17) is 10.5 Å². The van der Waals surface area contributed by atoms with Gasteiger partial charge in [-0.05, 0) is 62.1 Å². The monoisotopic (exact) mass is 412 g/mol. The van der Waals surface area contributed by atoms with Gasteiger partial charge in [-0.2, -0.15) is 0 Å². The molecular weight excluding hydrogens is 384 g/mol. The highest BCUT2D eigenvalue weighted by Gasteiger charge is 2.11. The molecule has 0 radical (unpaired) electrons. The maximum Gasteiger partial charge on any atom is 0.323 e. The number of hydrogen-bond donors (Lipinski definition) is 5. The van der Waals surface area contributed by atoms with Crippen molar-refractivity contribution in [1.82, 2.24) is 15.3 Å². The molecule has 1 aromatic heterocycles. The Morgan fingerprint density at radius 2 is 2.07 bits per heavy atom. The molecule has 0 aliphatic heterocycles. The number of aromatic amines is 2. The lowest BCUT2D eigenvalue weighted by molar-refractivity contribution is 0.1000. The molecule has 1 heterocycles. The van der Waals surface area contributed by atoms with Crippen molar-refractivity contribution in [2.75, 3.05) is 13.2 Å². The van der Waals surface area contributed by atoms with E-state index in [0.29, 0.717) is 28.9 Å². The number of H-pyrrole nitrogens is 2. The quantitative estimate of drug-likeness (QED) is 0.345. The Morgan fingerprint density at radius 3 is 2.80 bits per heavy atom. The van der Waals surface area contributed by atoms with Crippen LogP contribution in [0, 0.1) is 6.92 Å². The van der Waals surface area contributed by atoms with E-state index in [9.17, 15) is 14.7 Å². The molecule has 0 aliphatic carbocycles. The SMILES string of the molecule is Cc1cc(C(N)=O)ccc1CCC(C)NCC(O)COc1cccc2[nH]c(=O)[nH]c12. The van der Waals surface area contributed by atoms with Gasteiger partial charge in [0.2, 0.25) is 5.91 Å². The zero-order valence-electron chi connectivity index (χ0n) is 17.2. The minimum atomic E-state index is -0.690. The maximum atomic E-state index is 11.4. The molecule has 3 rings (SSSR count). The standard InChI is InChI=1S/C22H28N4O4/c1-13-10-16(21(23)28)9-8-15(13)7-6-14(2)24-11-17(27)12-30-19-5-3-4-18-20(19)26-22(29)25-18/h3-5,8-10,14,17,24,27H,6-7,11-12H2,1-2H3,(H2,23,28)(H2,25,26,29). The molecule has 2 atom stereocenters. The number of nitrogens with one attached hydrogen (secondary N) is 3. The molecule has 0 bridgehead atoms. The fraction of sp³-hybridized carbons (Fsp3) is 0.364. The van der Waals surface area contributed by atoms with Crippen LogP contribution in [0.1, 0.15) is 34.8 Å². The van der Waals surface area contributed by atoms with Gasteiger partial charge in [-0.1, -0.05) is 12.1 Å². The van der Waals surface area contributed by atoms with Gasteiger partial charge in [0.1, 0.15) is 24.0 Å². The van der Waals surface area contributed by atoms with Crippen LogP contribution in [0.3, 0.4) is 0 Å². The van der Waals surface area contributed by atoms with E-state index < -0.39 is 12.0 Å². The van der Waals surface area contributed by atoms with Crippen LogP contribution in [0.2, 0.25) is 0 Å². The minimum absolute atomic E-state index is 0.111. The van der Waals surface area contributed by atoms with E-state index in [2.05, 4.69) is 22.2 Å². The van der Waals surface area contributed by atoms with Crippen LogP contribution in [-0.4, -0.2) is 46.3 Å². The van der Waals surface area contributed by atoms with Crippen molar-refractivity contribution in [3.63, 3.8) is 0 Å². The summed E-state index contributed by atoms with van der Waals surface area (Å²) >= 11 is 0. The molecule has 160 valence electrons. The summed E-state index contributed by atoms with van der Waals surface area (Å²) in [7, 11) is 0. The van der Waals surface area contributed by atoms with Crippen molar-refractivity contribution in [1.29, 1.82) is 0 Å². The van der Waals surface area contributed by atoms with Crippen LogP contribution >= 0.6 is 0 Å². The smallest absolute Gasteiger partial charge is 0.323 e. The second-order valence-corrected chi connectivity index (χ2v) is 7.58. The third kappa shape index (κ3) is 5.49. The Kier molecular flexibility index (Phi) is 6.91. The number of primary amides is 1. The van der Waals surface area contributed by atoms with Crippen LogP contribution in [0.4, 0.5) is 0 Å². The molecule has 8 heteroatoms. The first-order valence-corrected chi connectivity index (χ1v) is 9.98. The van der Waals surface area contributed by atoms with E-state index in [1.54, 1.807) is 24.3 Å². The van der Waals surface area contributed by atoms with E-state index in [1.807, 2.05) is 19.1 Å². The lowest BCUT2D eigenvalue weighted by Gasteiger charge is -2.18. The number of para-hydroxylation sites is 1. The van der Waals surface area contributed by atoms with Gasteiger partial charge in [0.25, 0.3) is 0 Å². The molecule has 0 aliphatic rings. The fourth-order valence-corrected chi connectivity index (χ4v) is 3.34. The number of amides is 1. The number of nitrogens with two attached hydrogens (primary N) is 1. The lowest BCUT2D eigenvalue weighted by Crippen LogP contribution is -2.36. The van der Waals surface area contributed by atoms with Gasteiger partial charge >= 0.3 is 5.69 Å². The van der Waals surface area contributed by atoms with E-state index in [-0.39, 0.29) is 18.3 Å². The van der Waals surface area contributed by atoms with Crippen molar-refractivity contribution in [3.8, 4) is 5.75 Å². The number of ether oxygens (including phenoxy) is 1. The van der Waals surface area contributed by atoms with E-state index in [0.717, 1.165) is 18.4 Å². The summed E-state index contributed by atoms with van der Waals surface area (Å²) in [6.45, 7) is 4.53. The largest absolute Gasteiger partial charge is 0.489 e. The summed E-state index contributed by atoms with van der Waals surface area (Å²) in [4.78, 5) is 28.1. The average molecular weight is 412 g/mol. The number of aromatic nitrogens is 2. The molecular formula is C22H28N4O4. The Hall–Kier alpha value is -3.10. The van der Waals surface area contributed by atoms with Crippen molar-refractivity contribution >= 4 is 16.9 Å². The molecule has 6 N–H and O–H groups in total. The van der Waals surface area contributed by atoms with Crippen molar-refractivity contribution in [3.05, 3.63) is 63.6 Å². The summed E-state index contributed by atoms with van der Waals surface area (Å²) in [6, 6.07) is 11.0. The topological polar surface area (TPSA) is 133 Å². The molecule has 0 saturated heterocycles. The third-order valence-electron chi connectivity index (χ3n) is 5.12. The van der Waals surface area contributed by atoms with Crippen molar-refractivity contribution in [2.45, 2.75) is 38.8 Å². The molecule has 30 heavy (non-hydrogen) atoms. The number of rotatable bonds is 10. The molecule has 2 unspecified atom stereocenters. The zero-order valence-corrected chi connectivity index (χ0v) is 17.2. The predicted octanol–water partition coefficient (Wildman–Crippen LogP) is 1.61. The van der Waals surface area contributed by atoms with Crippen molar-refractivity contribution in [2.24, 2.45) is 5.73 Å². The van der Waals surface area contributed by atoms with Crippen LogP contribution in [-0.2, 0) is 6.42 Å². The molecule has 1 amide bonds. The number of imidazole rings is 1. The molecule has 0 spiro atoms. The van der Waals surface area contributed by atoms with Gasteiger partial charge in [-0.3, -0.25) is 4.79 Å². The zero-order chi connectivity index (χ0) is 21.7. The minimum Gasteiger partial charge on any atom is -0.489 e. The van der Waals surface area contributed by atoms with Crippen LogP contribution < -0.4 is 21.5 Å². The summed E-state index contributed by atoms with van der Waals surface area (Å²) in [5.41, 5.74) is 9.01. The van der Waals surface area contributed by atoms with Gasteiger partial charge in [-0.15, -0.1) is 0 Å². The van der Waals surface area contributed by atoms with E-state index >= 15 is 0 Å². The maximum absolute atomic E-state index is 11.4. The Labute approximate surface area is 174 Å². The van der Waals surface area contributed by atoms with Gasteiger partial charge in [0, 0.05) is 18.2 Å². The number of aryl methyl sites for hydroxylation is 2. The third-order valence-corrected chi connectivity index (χ3v) is 5.12. The fourth-order valence-electron chi connectivity index (χ4n) is 3.34. The number of aliphatic hydroxyl groups is 1. The van der Waals surface area contributed by atoms with Gasteiger partial charge < -0.3 is 30.9 Å². The number of fused-ring (bicyclic) bond motifs is 1.